The van der Waals surface area contributed by atoms with Crippen molar-refractivity contribution in [1.82, 2.24) is 15.1 Å². The molecule has 3 rings (SSSR count). The van der Waals surface area contributed by atoms with Gasteiger partial charge in [0.05, 0.1) is 6.61 Å². The highest BCUT2D eigenvalue weighted by Crippen LogP contribution is 2.19. The fourth-order valence-corrected chi connectivity index (χ4v) is 3.66. The van der Waals surface area contributed by atoms with Gasteiger partial charge in [-0.2, -0.15) is 0 Å². The third-order valence-corrected chi connectivity index (χ3v) is 5.23. The second-order valence-corrected chi connectivity index (χ2v) is 7.50. The van der Waals surface area contributed by atoms with Crippen LogP contribution < -0.4 is 5.32 Å². The van der Waals surface area contributed by atoms with Crippen LogP contribution in [0.25, 0.3) is 0 Å². The van der Waals surface area contributed by atoms with E-state index in [9.17, 15) is 9.18 Å². The lowest BCUT2D eigenvalue weighted by atomic mass is 10.1. The maximum Gasteiger partial charge on any atom is 0.317 e. The van der Waals surface area contributed by atoms with Gasteiger partial charge in [-0.25, -0.2) is 9.18 Å². The van der Waals surface area contributed by atoms with Crippen molar-refractivity contribution >= 4 is 6.03 Å². The summed E-state index contributed by atoms with van der Waals surface area (Å²) in [5.74, 6) is 0.00723. The van der Waals surface area contributed by atoms with Gasteiger partial charge in [0, 0.05) is 38.8 Å². The van der Waals surface area contributed by atoms with E-state index in [4.69, 9.17) is 5.11 Å². The highest BCUT2D eigenvalue weighted by atomic mass is 19.1. The first kappa shape index (κ1) is 20.3. The third kappa shape index (κ3) is 5.53. The van der Waals surface area contributed by atoms with Crippen LogP contribution in [-0.2, 0) is 19.7 Å². The number of hydrogen-bond acceptors (Lipinski definition) is 3. The van der Waals surface area contributed by atoms with E-state index in [0.29, 0.717) is 18.0 Å². The number of aliphatic hydroxyl groups is 1. The van der Waals surface area contributed by atoms with Gasteiger partial charge in [-0.3, -0.25) is 4.90 Å². The summed E-state index contributed by atoms with van der Waals surface area (Å²) in [6, 6.07) is 14.9. The third-order valence-electron chi connectivity index (χ3n) is 5.23. The summed E-state index contributed by atoms with van der Waals surface area (Å²) in [7, 11) is 1.80. The largest absolute Gasteiger partial charge is 0.392 e. The molecule has 2 aromatic rings. The molecule has 0 radical (unpaired) electrons. The molecule has 0 aliphatic carbocycles. The fourth-order valence-electron chi connectivity index (χ4n) is 3.66. The van der Waals surface area contributed by atoms with Gasteiger partial charge in [0.1, 0.15) is 5.82 Å². The second-order valence-electron chi connectivity index (χ2n) is 7.50. The van der Waals surface area contributed by atoms with Gasteiger partial charge in [-0.15, -0.1) is 0 Å². The molecule has 2 amide bonds. The minimum absolute atomic E-state index is 0.159. The van der Waals surface area contributed by atoms with E-state index in [1.807, 2.05) is 6.07 Å². The molecule has 1 saturated heterocycles. The second kappa shape index (κ2) is 9.66. The van der Waals surface area contributed by atoms with Crippen molar-refractivity contribution in [2.75, 3.05) is 26.7 Å². The molecule has 1 atom stereocenters. The number of nitrogens with zero attached hydrogens (tertiary/aromatic N) is 2. The zero-order valence-corrected chi connectivity index (χ0v) is 16.3. The molecule has 150 valence electrons. The minimum atomic E-state index is -0.452. The SMILES string of the molecule is CN(CC1CCN(Cc2ccccc2)C1)C(=O)NCc1ccc(CO)c(F)c1. The van der Waals surface area contributed by atoms with E-state index in [1.165, 1.54) is 11.6 Å². The van der Waals surface area contributed by atoms with Crippen LogP contribution in [-0.4, -0.2) is 47.6 Å². The number of benzene rings is 2. The molecular weight excluding hydrogens is 357 g/mol. The number of likely N-dealkylation sites (tertiary alicyclic amines) is 1. The Balaban J connectivity index is 1.42. The van der Waals surface area contributed by atoms with Crippen LogP contribution in [0.15, 0.2) is 48.5 Å². The molecule has 28 heavy (non-hydrogen) atoms. The van der Waals surface area contributed by atoms with E-state index in [2.05, 4.69) is 34.5 Å². The molecule has 1 fully saturated rings. The van der Waals surface area contributed by atoms with Gasteiger partial charge >= 0.3 is 6.03 Å². The molecule has 2 N–H and O–H groups in total. The fraction of sp³-hybridized carbons (Fsp3) is 0.409. The van der Waals surface area contributed by atoms with Gasteiger partial charge in [0.15, 0.2) is 0 Å². The normalized spacial score (nSPS) is 16.9. The Bertz CT molecular complexity index is 785. The first-order chi connectivity index (χ1) is 13.5. The first-order valence-corrected chi connectivity index (χ1v) is 9.68. The van der Waals surface area contributed by atoms with Crippen molar-refractivity contribution < 1.29 is 14.3 Å². The van der Waals surface area contributed by atoms with Crippen molar-refractivity contribution in [2.45, 2.75) is 26.1 Å². The topological polar surface area (TPSA) is 55.8 Å². The van der Waals surface area contributed by atoms with E-state index in [1.54, 1.807) is 24.1 Å². The molecule has 6 heteroatoms. The molecule has 1 heterocycles. The number of halogens is 1. The lowest BCUT2D eigenvalue weighted by Gasteiger charge is -2.22. The van der Waals surface area contributed by atoms with E-state index in [-0.39, 0.29) is 24.7 Å². The van der Waals surface area contributed by atoms with Gasteiger partial charge in [-0.1, -0.05) is 42.5 Å². The zero-order valence-electron chi connectivity index (χ0n) is 16.3. The van der Waals surface area contributed by atoms with Crippen molar-refractivity contribution in [3.8, 4) is 0 Å². The summed E-state index contributed by atoms with van der Waals surface area (Å²) < 4.78 is 13.7. The highest BCUT2D eigenvalue weighted by Gasteiger charge is 2.24. The number of urea groups is 1. The van der Waals surface area contributed by atoms with Crippen molar-refractivity contribution in [3.05, 3.63) is 71.0 Å². The van der Waals surface area contributed by atoms with Crippen LogP contribution in [0, 0.1) is 11.7 Å². The average molecular weight is 385 g/mol. The molecule has 0 saturated carbocycles. The number of carbonyl (C=O) groups excluding carboxylic acids is 1. The quantitative estimate of drug-likeness (QED) is 0.770. The Morgan fingerprint density at radius 1 is 1.25 bits per heavy atom. The van der Waals surface area contributed by atoms with E-state index >= 15 is 0 Å². The lowest BCUT2D eigenvalue weighted by molar-refractivity contribution is 0.199. The zero-order chi connectivity index (χ0) is 19.9. The Kier molecular flexibility index (Phi) is 7.01. The maximum atomic E-state index is 13.7. The molecule has 1 unspecified atom stereocenters. The monoisotopic (exact) mass is 385 g/mol. The lowest BCUT2D eigenvalue weighted by Crippen LogP contribution is -2.40. The number of amides is 2. The summed E-state index contributed by atoms with van der Waals surface area (Å²) in [4.78, 5) is 16.5. The Labute approximate surface area is 165 Å². The van der Waals surface area contributed by atoms with Crippen LogP contribution in [0.5, 0.6) is 0 Å². The average Bonchev–Trinajstić information content (AvgIpc) is 3.13. The summed E-state index contributed by atoms with van der Waals surface area (Å²) in [6.07, 6.45) is 1.08. The molecular formula is C22H28FN3O2. The summed E-state index contributed by atoms with van der Waals surface area (Å²) >= 11 is 0. The summed E-state index contributed by atoms with van der Waals surface area (Å²) in [6.45, 7) is 3.62. The van der Waals surface area contributed by atoms with Gasteiger partial charge in [0.2, 0.25) is 0 Å². The van der Waals surface area contributed by atoms with Crippen LogP contribution in [0.4, 0.5) is 9.18 Å². The minimum Gasteiger partial charge on any atom is -0.392 e. The van der Waals surface area contributed by atoms with Gasteiger partial charge in [-0.05, 0) is 36.1 Å². The Hall–Kier alpha value is -2.44. The predicted octanol–water partition coefficient (Wildman–Crippen LogP) is 2.98. The predicted molar refractivity (Wildman–Crippen MR) is 107 cm³/mol. The number of aliphatic hydroxyl groups excluding tert-OH is 1. The molecule has 0 bridgehead atoms. The summed E-state index contributed by atoms with van der Waals surface area (Å²) in [5, 5.41) is 11.9. The van der Waals surface area contributed by atoms with Crippen molar-refractivity contribution in [3.63, 3.8) is 0 Å². The summed E-state index contributed by atoms with van der Waals surface area (Å²) in [5.41, 5.74) is 2.24. The maximum absolute atomic E-state index is 13.7. The van der Waals surface area contributed by atoms with E-state index < -0.39 is 5.82 Å². The first-order valence-electron chi connectivity index (χ1n) is 9.68. The number of nitrogens with one attached hydrogen (secondary N) is 1. The molecule has 5 nitrogen and oxygen atoms in total. The number of hydrogen-bond donors (Lipinski definition) is 2. The highest BCUT2D eigenvalue weighted by molar-refractivity contribution is 5.73. The van der Waals surface area contributed by atoms with Crippen molar-refractivity contribution in [2.24, 2.45) is 5.92 Å². The standard InChI is InChI=1S/C22H28FN3O2/c1-25(22(28)24-12-18-7-8-20(16-27)21(23)11-18)13-19-9-10-26(15-19)14-17-5-3-2-4-6-17/h2-8,11,19,27H,9-10,12-16H2,1H3,(H,24,28). The molecule has 1 aliphatic rings. The van der Waals surface area contributed by atoms with Crippen LogP contribution in [0.2, 0.25) is 0 Å². The van der Waals surface area contributed by atoms with Gasteiger partial charge in [0.25, 0.3) is 0 Å². The van der Waals surface area contributed by atoms with E-state index in [0.717, 1.165) is 26.1 Å². The van der Waals surface area contributed by atoms with Crippen LogP contribution in [0.1, 0.15) is 23.1 Å². The van der Waals surface area contributed by atoms with Crippen LogP contribution >= 0.6 is 0 Å². The Morgan fingerprint density at radius 3 is 2.75 bits per heavy atom. The molecule has 0 aromatic heterocycles. The Morgan fingerprint density at radius 2 is 2.04 bits per heavy atom. The number of carbonyl (C=O) groups is 1. The molecule has 1 aliphatic heterocycles. The van der Waals surface area contributed by atoms with Crippen LogP contribution in [0.3, 0.4) is 0 Å². The number of rotatable bonds is 7. The molecule has 0 spiro atoms. The van der Waals surface area contributed by atoms with Gasteiger partial charge < -0.3 is 15.3 Å². The molecule has 2 aromatic carbocycles. The van der Waals surface area contributed by atoms with Crippen molar-refractivity contribution in [1.29, 1.82) is 0 Å². The smallest absolute Gasteiger partial charge is 0.317 e.